The standard InChI is InChI=1S/C16H9F3N2O3/c17-16(18,19)10-2-4-14-20-15(11(7-22)21(14)6-10)9-1-3-12-13(5-9)24-8-23-12/h1-7H,8H2. The first-order valence-electron chi connectivity index (χ1n) is 6.92. The number of nitrogens with zero attached hydrogens (tertiary/aromatic N) is 2. The van der Waals surface area contributed by atoms with Crippen LogP contribution in [-0.2, 0) is 6.18 Å². The number of carbonyl (C=O) groups excluding carboxylic acids is 1. The second-order valence-corrected chi connectivity index (χ2v) is 5.18. The number of aldehydes is 1. The fourth-order valence-electron chi connectivity index (χ4n) is 2.60. The van der Waals surface area contributed by atoms with Gasteiger partial charge in [0.2, 0.25) is 6.79 Å². The van der Waals surface area contributed by atoms with Crippen molar-refractivity contribution in [2.45, 2.75) is 6.18 Å². The average Bonchev–Trinajstić information content (AvgIpc) is 3.16. The number of hydrogen-bond donors (Lipinski definition) is 0. The van der Waals surface area contributed by atoms with Gasteiger partial charge in [0.15, 0.2) is 17.8 Å². The molecule has 0 saturated heterocycles. The van der Waals surface area contributed by atoms with Crippen molar-refractivity contribution in [1.29, 1.82) is 0 Å². The maximum Gasteiger partial charge on any atom is 0.417 e. The van der Waals surface area contributed by atoms with E-state index in [2.05, 4.69) is 4.98 Å². The predicted molar refractivity (Wildman–Crippen MR) is 77.1 cm³/mol. The lowest BCUT2D eigenvalue weighted by Gasteiger charge is -2.07. The van der Waals surface area contributed by atoms with Crippen LogP contribution >= 0.6 is 0 Å². The van der Waals surface area contributed by atoms with Gasteiger partial charge in [-0.25, -0.2) is 4.98 Å². The Morgan fingerprint density at radius 1 is 1.12 bits per heavy atom. The third kappa shape index (κ3) is 2.18. The Morgan fingerprint density at radius 3 is 2.67 bits per heavy atom. The quantitative estimate of drug-likeness (QED) is 0.673. The van der Waals surface area contributed by atoms with Crippen LogP contribution < -0.4 is 9.47 Å². The van der Waals surface area contributed by atoms with E-state index in [1.54, 1.807) is 18.2 Å². The molecule has 24 heavy (non-hydrogen) atoms. The third-order valence-electron chi connectivity index (χ3n) is 3.74. The average molecular weight is 334 g/mol. The maximum absolute atomic E-state index is 12.9. The number of rotatable bonds is 2. The predicted octanol–water partition coefficient (Wildman–Crippen LogP) is 3.56. The lowest BCUT2D eigenvalue weighted by molar-refractivity contribution is -0.137. The summed E-state index contributed by atoms with van der Waals surface area (Å²) in [5.74, 6) is 1.06. The van der Waals surface area contributed by atoms with Gasteiger partial charge in [-0.15, -0.1) is 0 Å². The van der Waals surface area contributed by atoms with Crippen LogP contribution in [0.25, 0.3) is 16.9 Å². The van der Waals surface area contributed by atoms with Gasteiger partial charge in [0.05, 0.1) is 5.56 Å². The molecule has 3 heterocycles. The molecule has 0 aliphatic carbocycles. The summed E-state index contributed by atoms with van der Waals surface area (Å²) < 4.78 is 50.3. The second-order valence-electron chi connectivity index (χ2n) is 5.18. The van der Waals surface area contributed by atoms with Gasteiger partial charge in [0.25, 0.3) is 0 Å². The Bertz CT molecular complexity index is 963. The van der Waals surface area contributed by atoms with Crippen molar-refractivity contribution in [3.8, 4) is 22.8 Å². The molecule has 0 N–H and O–H groups in total. The number of carbonyl (C=O) groups is 1. The van der Waals surface area contributed by atoms with Crippen LogP contribution in [0.15, 0.2) is 36.5 Å². The van der Waals surface area contributed by atoms with E-state index in [0.29, 0.717) is 23.3 Å². The summed E-state index contributed by atoms with van der Waals surface area (Å²) in [6.45, 7) is 0.0967. The number of pyridine rings is 1. The molecule has 0 saturated carbocycles. The molecule has 1 aromatic carbocycles. The van der Waals surface area contributed by atoms with Crippen molar-refractivity contribution in [3.63, 3.8) is 0 Å². The highest BCUT2D eigenvalue weighted by Gasteiger charge is 2.31. The highest BCUT2D eigenvalue weighted by molar-refractivity contribution is 5.86. The maximum atomic E-state index is 12.9. The van der Waals surface area contributed by atoms with Gasteiger partial charge in [-0.3, -0.25) is 9.20 Å². The number of ether oxygens (including phenoxy) is 2. The Kier molecular flexibility index (Phi) is 3.02. The first kappa shape index (κ1) is 14.6. The Hall–Kier alpha value is -3.03. The Balaban J connectivity index is 1.91. The number of halogens is 3. The SMILES string of the molecule is O=Cc1c(-c2ccc3c(c2)OCO3)nc2ccc(C(F)(F)F)cn12. The van der Waals surface area contributed by atoms with Crippen LogP contribution in [0.3, 0.4) is 0 Å². The van der Waals surface area contributed by atoms with Crippen molar-refractivity contribution in [2.75, 3.05) is 6.79 Å². The van der Waals surface area contributed by atoms with Gasteiger partial charge in [-0.05, 0) is 30.3 Å². The number of imidazole rings is 1. The van der Waals surface area contributed by atoms with Crippen molar-refractivity contribution < 1.29 is 27.4 Å². The van der Waals surface area contributed by atoms with Gasteiger partial charge < -0.3 is 9.47 Å². The van der Waals surface area contributed by atoms with Crippen LogP contribution in [0.1, 0.15) is 16.1 Å². The highest BCUT2D eigenvalue weighted by Crippen LogP contribution is 2.37. The normalized spacial score (nSPS) is 13.5. The van der Waals surface area contributed by atoms with E-state index in [-0.39, 0.29) is 23.8 Å². The first-order valence-corrected chi connectivity index (χ1v) is 6.92. The molecular formula is C16H9F3N2O3. The molecule has 1 aliphatic rings. The number of aromatic nitrogens is 2. The molecule has 5 nitrogen and oxygen atoms in total. The molecule has 2 aromatic heterocycles. The summed E-state index contributed by atoms with van der Waals surface area (Å²) in [7, 11) is 0. The van der Waals surface area contributed by atoms with E-state index < -0.39 is 11.7 Å². The minimum atomic E-state index is -4.50. The molecule has 4 rings (SSSR count). The van der Waals surface area contributed by atoms with Crippen molar-refractivity contribution in [3.05, 3.63) is 47.8 Å². The highest BCUT2D eigenvalue weighted by atomic mass is 19.4. The molecule has 0 bridgehead atoms. The molecule has 3 aromatic rings. The number of hydrogen-bond acceptors (Lipinski definition) is 4. The van der Waals surface area contributed by atoms with Gasteiger partial charge >= 0.3 is 6.18 Å². The molecular weight excluding hydrogens is 325 g/mol. The molecule has 0 unspecified atom stereocenters. The third-order valence-corrected chi connectivity index (χ3v) is 3.74. The van der Waals surface area contributed by atoms with E-state index in [1.165, 1.54) is 6.07 Å². The minimum Gasteiger partial charge on any atom is -0.454 e. The van der Waals surface area contributed by atoms with Crippen molar-refractivity contribution in [2.24, 2.45) is 0 Å². The summed E-state index contributed by atoms with van der Waals surface area (Å²) in [6.07, 6.45) is -3.15. The smallest absolute Gasteiger partial charge is 0.417 e. The van der Waals surface area contributed by atoms with E-state index in [9.17, 15) is 18.0 Å². The lowest BCUT2D eigenvalue weighted by atomic mass is 10.1. The zero-order valence-electron chi connectivity index (χ0n) is 12.0. The van der Waals surface area contributed by atoms with Crippen LogP contribution in [0.5, 0.6) is 11.5 Å². The Labute approximate surface area is 133 Å². The number of fused-ring (bicyclic) bond motifs is 2. The van der Waals surface area contributed by atoms with Crippen LogP contribution in [0, 0.1) is 0 Å². The monoisotopic (exact) mass is 334 g/mol. The van der Waals surface area contributed by atoms with Crippen LogP contribution in [-0.4, -0.2) is 22.5 Å². The lowest BCUT2D eigenvalue weighted by Crippen LogP contribution is -2.06. The largest absolute Gasteiger partial charge is 0.454 e. The number of alkyl halides is 3. The van der Waals surface area contributed by atoms with Crippen molar-refractivity contribution >= 4 is 11.9 Å². The number of benzene rings is 1. The Morgan fingerprint density at radius 2 is 1.92 bits per heavy atom. The second kappa shape index (κ2) is 4.98. The molecule has 8 heteroatoms. The molecule has 0 fully saturated rings. The summed E-state index contributed by atoms with van der Waals surface area (Å²) in [4.78, 5) is 15.7. The molecule has 0 amide bonds. The van der Waals surface area contributed by atoms with E-state index in [4.69, 9.17) is 9.47 Å². The van der Waals surface area contributed by atoms with E-state index in [0.717, 1.165) is 16.7 Å². The molecule has 122 valence electrons. The van der Waals surface area contributed by atoms with Gasteiger partial charge in [0.1, 0.15) is 17.0 Å². The summed E-state index contributed by atoms with van der Waals surface area (Å²) in [5, 5.41) is 0. The van der Waals surface area contributed by atoms with Gasteiger partial charge in [0, 0.05) is 11.8 Å². The topological polar surface area (TPSA) is 52.8 Å². The van der Waals surface area contributed by atoms with Crippen molar-refractivity contribution in [1.82, 2.24) is 9.38 Å². The van der Waals surface area contributed by atoms with E-state index in [1.807, 2.05) is 0 Å². The summed E-state index contributed by atoms with van der Waals surface area (Å²) >= 11 is 0. The van der Waals surface area contributed by atoms with Crippen LogP contribution in [0.4, 0.5) is 13.2 Å². The molecule has 1 aliphatic heterocycles. The molecule has 0 atom stereocenters. The zero-order valence-corrected chi connectivity index (χ0v) is 12.0. The summed E-state index contributed by atoms with van der Waals surface area (Å²) in [5.41, 5.74) is 0.265. The van der Waals surface area contributed by atoms with Gasteiger partial charge in [-0.1, -0.05) is 0 Å². The minimum absolute atomic E-state index is 0.0370. The zero-order chi connectivity index (χ0) is 16.9. The fourth-order valence-corrected chi connectivity index (χ4v) is 2.60. The summed E-state index contributed by atoms with van der Waals surface area (Å²) in [6, 6.07) is 7.14. The van der Waals surface area contributed by atoms with E-state index >= 15 is 0 Å². The first-order chi connectivity index (χ1) is 11.5. The molecule has 0 spiro atoms. The molecule has 0 radical (unpaired) electrons. The fraction of sp³-hybridized carbons (Fsp3) is 0.125. The van der Waals surface area contributed by atoms with Crippen LogP contribution in [0.2, 0.25) is 0 Å². The van der Waals surface area contributed by atoms with Gasteiger partial charge in [-0.2, -0.15) is 13.2 Å².